The largest absolute Gasteiger partial charge is 0.495 e. The second-order valence-electron chi connectivity index (χ2n) is 4.61. The summed E-state index contributed by atoms with van der Waals surface area (Å²) in [5.41, 5.74) is 0.648. The van der Waals surface area contributed by atoms with Crippen LogP contribution in [0.15, 0.2) is 42.5 Å². The van der Waals surface area contributed by atoms with Crippen LogP contribution in [0.4, 0.5) is 5.69 Å². The van der Waals surface area contributed by atoms with Gasteiger partial charge in [-0.05, 0) is 42.5 Å². The Kier molecular flexibility index (Phi) is 5.73. The number of anilines is 1. The number of nitrogens with one attached hydrogen (secondary N) is 2. The minimum Gasteiger partial charge on any atom is -0.495 e. The number of thiocarbonyl (C=S) groups is 1. The van der Waals surface area contributed by atoms with Gasteiger partial charge < -0.3 is 15.2 Å². The summed E-state index contributed by atoms with van der Waals surface area (Å²) < 4.78 is 5.14. The number of benzene rings is 2. The third-order valence-corrected chi connectivity index (χ3v) is 3.57. The van der Waals surface area contributed by atoms with E-state index in [0.717, 1.165) is 0 Å². The van der Waals surface area contributed by atoms with Crippen LogP contribution in [0.2, 0.25) is 5.02 Å². The van der Waals surface area contributed by atoms with E-state index >= 15 is 0 Å². The van der Waals surface area contributed by atoms with Gasteiger partial charge in [-0.2, -0.15) is 0 Å². The lowest BCUT2D eigenvalue weighted by molar-refractivity contribution is 0.0696. The summed E-state index contributed by atoms with van der Waals surface area (Å²) in [6, 6.07) is 10.8. The lowest BCUT2D eigenvalue weighted by atomic mass is 10.2. The summed E-state index contributed by atoms with van der Waals surface area (Å²) in [7, 11) is 1.44. The highest BCUT2D eigenvalue weighted by Crippen LogP contribution is 2.25. The smallest absolute Gasteiger partial charge is 0.335 e. The summed E-state index contributed by atoms with van der Waals surface area (Å²) in [5.74, 6) is -1.19. The van der Waals surface area contributed by atoms with Crippen LogP contribution in [-0.2, 0) is 0 Å². The molecular formula is C16H13ClN2O4S. The molecular weight excluding hydrogens is 352 g/mol. The second kappa shape index (κ2) is 7.76. The average Bonchev–Trinajstić information content (AvgIpc) is 2.54. The van der Waals surface area contributed by atoms with Crippen molar-refractivity contribution in [2.75, 3.05) is 12.4 Å². The highest BCUT2D eigenvalue weighted by molar-refractivity contribution is 7.80. The van der Waals surface area contributed by atoms with E-state index in [1.165, 1.54) is 25.3 Å². The molecule has 0 aromatic heterocycles. The molecule has 1 amide bonds. The highest BCUT2D eigenvalue weighted by Gasteiger charge is 2.14. The Labute approximate surface area is 148 Å². The van der Waals surface area contributed by atoms with Crippen LogP contribution in [0.1, 0.15) is 20.7 Å². The van der Waals surface area contributed by atoms with Crippen molar-refractivity contribution in [3.63, 3.8) is 0 Å². The Morgan fingerprint density at radius 2 is 1.92 bits per heavy atom. The number of carbonyl (C=O) groups is 2. The van der Waals surface area contributed by atoms with Gasteiger partial charge in [0.2, 0.25) is 0 Å². The van der Waals surface area contributed by atoms with Crippen molar-refractivity contribution in [3.05, 3.63) is 58.6 Å². The van der Waals surface area contributed by atoms with E-state index in [1.807, 2.05) is 0 Å². The van der Waals surface area contributed by atoms with Crippen molar-refractivity contribution in [2.45, 2.75) is 0 Å². The molecule has 0 saturated carbocycles. The van der Waals surface area contributed by atoms with Gasteiger partial charge in [0.15, 0.2) is 5.11 Å². The summed E-state index contributed by atoms with van der Waals surface area (Å²) >= 11 is 11.0. The van der Waals surface area contributed by atoms with Crippen molar-refractivity contribution in [1.29, 1.82) is 0 Å². The molecule has 6 nitrogen and oxygen atoms in total. The van der Waals surface area contributed by atoms with E-state index in [-0.39, 0.29) is 16.2 Å². The molecule has 24 heavy (non-hydrogen) atoms. The van der Waals surface area contributed by atoms with E-state index in [4.69, 9.17) is 33.7 Å². The minimum atomic E-state index is -1.09. The second-order valence-corrected chi connectivity index (χ2v) is 5.42. The summed E-state index contributed by atoms with van der Waals surface area (Å²) in [6.07, 6.45) is 0. The van der Waals surface area contributed by atoms with E-state index in [1.54, 1.807) is 24.3 Å². The molecule has 2 aromatic carbocycles. The van der Waals surface area contributed by atoms with Crippen LogP contribution in [0.5, 0.6) is 5.75 Å². The van der Waals surface area contributed by atoms with Gasteiger partial charge in [-0.3, -0.25) is 10.1 Å². The Hall–Kier alpha value is -2.64. The fourth-order valence-electron chi connectivity index (χ4n) is 1.91. The van der Waals surface area contributed by atoms with Gasteiger partial charge in [0.05, 0.1) is 28.9 Å². The van der Waals surface area contributed by atoms with Crippen LogP contribution in [0.25, 0.3) is 0 Å². The quantitative estimate of drug-likeness (QED) is 0.722. The monoisotopic (exact) mass is 364 g/mol. The van der Waals surface area contributed by atoms with E-state index < -0.39 is 11.9 Å². The van der Waals surface area contributed by atoms with Gasteiger partial charge in [0, 0.05) is 0 Å². The number of hydrogen-bond acceptors (Lipinski definition) is 4. The molecule has 2 aromatic rings. The zero-order chi connectivity index (χ0) is 17.7. The molecule has 124 valence electrons. The number of ether oxygens (including phenoxy) is 1. The number of carboxylic acids is 1. The number of carbonyl (C=O) groups excluding carboxylic acids is 1. The molecule has 0 heterocycles. The summed E-state index contributed by atoms with van der Waals surface area (Å²) in [5, 5.41) is 14.6. The molecule has 0 radical (unpaired) electrons. The highest BCUT2D eigenvalue weighted by atomic mass is 35.5. The topological polar surface area (TPSA) is 87.7 Å². The molecule has 0 unspecified atom stereocenters. The van der Waals surface area contributed by atoms with Gasteiger partial charge in [-0.1, -0.05) is 23.7 Å². The molecule has 0 aliphatic rings. The molecule has 8 heteroatoms. The zero-order valence-electron chi connectivity index (χ0n) is 12.5. The van der Waals surface area contributed by atoms with Gasteiger partial charge in [0.25, 0.3) is 5.91 Å². The van der Waals surface area contributed by atoms with Crippen molar-refractivity contribution >= 4 is 46.5 Å². The van der Waals surface area contributed by atoms with Crippen molar-refractivity contribution in [2.24, 2.45) is 0 Å². The van der Waals surface area contributed by atoms with Crippen molar-refractivity contribution in [1.82, 2.24) is 5.32 Å². The van der Waals surface area contributed by atoms with E-state index in [9.17, 15) is 9.59 Å². The lowest BCUT2D eigenvalue weighted by Crippen LogP contribution is -2.34. The molecule has 0 aliphatic carbocycles. The predicted molar refractivity (Wildman–Crippen MR) is 95.1 cm³/mol. The van der Waals surface area contributed by atoms with Crippen molar-refractivity contribution < 1.29 is 19.4 Å². The van der Waals surface area contributed by atoms with Crippen LogP contribution >= 0.6 is 23.8 Å². The number of carboxylic acid groups (broad SMARTS) is 1. The van der Waals surface area contributed by atoms with Gasteiger partial charge in [-0.25, -0.2) is 4.79 Å². The molecule has 3 N–H and O–H groups in total. The molecule has 0 atom stereocenters. The maximum atomic E-state index is 12.1. The molecule has 2 rings (SSSR count). The van der Waals surface area contributed by atoms with E-state index in [0.29, 0.717) is 16.5 Å². The third-order valence-electron chi connectivity index (χ3n) is 3.04. The normalized spacial score (nSPS) is 9.92. The molecule has 0 aliphatic heterocycles. The first kappa shape index (κ1) is 17.7. The fraction of sp³-hybridized carbons (Fsp3) is 0.0625. The SMILES string of the molecule is COc1ccc(C(=O)O)cc1NC(=S)NC(=O)c1ccccc1Cl. The van der Waals surface area contributed by atoms with Gasteiger partial charge in [-0.15, -0.1) is 0 Å². The van der Waals surface area contributed by atoms with Gasteiger partial charge >= 0.3 is 5.97 Å². The first-order chi connectivity index (χ1) is 11.4. The number of aromatic carboxylic acids is 1. The van der Waals surface area contributed by atoms with Crippen LogP contribution in [0.3, 0.4) is 0 Å². The Morgan fingerprint density at radius 3 is 2.54 bits per heavy atom. The first-order valence-electron chi connectivity index (χ1n) is 6.70. The standard InChI is InChI=1S/C16H13ClN2O4S/c1-23-13-7-6-9(15(21)22)8-12(13)18-16(24)19-14(20)10-4-2-3-5-11(10)17/h2-8H,1H3,(H,21,22)(H2,18,19,20,24). The van der Waals surface area contributed by atoms with Crippen LogP contribution in [0, 0.1) is 0 Å². The maximum absolute atomic E-state index is 12.1. The van der Waals surface area contributed by atoms with Crippen molar-refractivity contribution in [3.8, 4) is 5.75 Å². The zero-order valence-corrected chi connectivity index (χ0v) is 14.1. The van der Waals surface area contributed by atoms with Crippen LogP contribution in [-0.4, -0.2) is 29.2 Å². The van der Waals surface area contributed by atoms with Gasteiger partial charge in [0.1, 0.15) is 5.75 Å². The first-order valence-corrected chi connectivity index (χ1v) is 7.49. The van der Waals surface area contributed by atoms with E-state index in [2.05, 4.69) is 10.6 Å². The Morgan fingerprint density at radius 1 is 1.21 bits per heavy atom. The summed E-state index contributed by atoms with van der Waals surface area (Å²) in [4.78, 5) is 23.2. The number of rotatable bonds is 4. The minimum absolute atomic E-state index is 0.0132. The third kappa shape index (κ3) is 4.21. The Bertz CT molecular complexity index is 810. The number of methoxy groups -OCH3 is 1. The Balaban J connectivity index is 2.15. The average molecular weight is 365 g/mol. The molecule has 0 spiro atoms. The number of hydrogen-bond donors (Lipinski definition) is 3. The fourth-order valence-corrected chi connectivity index (χ4v) is 2.33. The molecule has 0 fully saturated rings. The summed E-state index contributed by atoms with van der Waals surface area (Å²) in [6.45, 7) is 0. The lowest BCUT2D eigenvalue weighted by Gasteiger charge is -2.13. The predicted octanol–water partition coefficient (Wildman–Crippen LogP) is 3.17. The number of halogens is 1. The van der Waals surface area contributed by atoms with Crippen LogP contribution < -0.4 is 15.4 Å². The molecule has 0 bridgehead atoms. The number of amides is 1. The maximum Gasteiger partial charge on any atom is 0.335 e. The molecule has 0 saturated heterocycles.